The van der Waals surface area contributed by atoms with Crippen LogP contribution in [0.25, 0.3) is 11.1 Å². The van der Waals surface area contributed by atoms with Gasteiger partial charge in [0.15, 0.2) is 0 Å². The standard InChI is InChI=1S/C14H13F3N2O/c1-2-20-13-11(4-3-7-19-13)10-6-5-9(8-12(10)18)14(15,16)17/h3-8H,2,18H2,1H3. The highest BCUT2D eigenvalue weighted by atomic mass is 19.4. The molecule has 6 heteroatoms. The summed E-state index contributed by atoms with van der Waals surface area (Å²) >= 11 is 0. The Kier molecular flexibility index (Phi) is 3.83. The molecule has 3 nitrogen and oxygen atoms in total. The van der Waals surface area contributed by atoms with Gasteiger partial charge in [-0.15, -0.1) is 0 Å². The van der Waals surface area contributed by atoms with Crippen LogP contribution in [0.15, 0.2) is 36.5 Å². The lowest BCUT2D eigenvalue weighted by molar-refractivity contribution is -0.137. The highest BCUT2D eigenvalue weighted by Crippen LogP contribution is 2.36. The lowest BCUT2D eigenvalue weighted by atomic mass is 10.0. The van der Waals surface area contributed by atoms with Gasteiger partial charge >= 0.3 is 6.18 Å². The zero-order valence-electron chi connectivity index (χ0n) is 10.7. The fourth-order valence-electron chi connectivity index (χ4n) is 1.83. The van der Waals surface area contributed by atoms with Gasteiger partial charge < -0.3 is 10.5 Å². The number of aromatic nitrogens is 1. The van der Waals surface area contributed by atoms with E-state index >= 15 is 0 Å². The number of nitrogen functional groups attached to an aromatic ring is 1. The molecule has 0 aliphatic heterocycles. The molecule has 0 aliphatic rings. The van der Waals surface area contributed by atoms with E-state index in [-0.39, 0.29) is 5.69 Å². The lowest BCUT2D eigenvalue weighted by Gasteiger charge is -2.13. The summed E-state index contributed by atoms with van der Waals surface area (Å²) in [5, 5.41) is 0. The molecule has 0 unspecified atom stereocenters. The van der Waals surface area contributed by atoms with Gasteiger partial charge in [-0.05, 0) is 31.2 Å². The van der Waals surface area contributed by atoms with Crippen LogP contribution in [-0.4, -0.2) is 11.6 Å². The van der Waals surface area contributed by atoms with E-state index in [1.54, 1.807) is 25.3 Å². The van der Waals surface area contributed by atoms with Crippen molar-refractivity contribution in [3.63, 3.8) is 0 Å². The third-order valence-electron chi connectivity index (χ3n) is 2.72. The summed E-state index contributed by atoms with van der Waals surface area (Å²) in [4.78, 5) is 4.06. The Morgan fingerprint density at radius 1 is 1.20 bits per heavy atom. The predicted molar refractivity (Wildman–Crippen MR) is 70.3 cm³/mol. The molecule has 2 rings (SSSR count). The second kappa shape index (κ2) is 5.40. The number of hydrogen-bond donors (Lipinski definition) is 1. The van der Waals surface area contributed by atoms with Crippen molar-refractivity contribution in [3.05, 3.63) is 42.1 Å². The van der Waals surface area contributed by atoms with Crippen molar-refractivity contribution in [1.29, 1.82) is 0 Å². The summed E-state index contributed by atoms with van der Waals surface area (Å²) in [7, 11) is 0. The molecular weight excluding hydrogens is 269 g/mol. The molecule has 1 heterocycles. The van der Waals surface area contributed by atoms with Gasteiger partial charge in [0.25, 0.3) is 0 Å². The number of alkyl halides is 3. The van der Waals surface area contributed by atoms with E-state index in [1.807, 2.05) is 0 Å². The highest BCUT2D eigenvalue weighted by molar-refractivity contribution is 5.79. The zero-order chi connectivity index (χ0) is 14.8. The van der Waals surface area contributed by atoms with E-state index in [4.69, 9.17) is 10.5 Å². The van der Waals surface area contributed by atoms with Crippen molar-refractivity contribution >= 4 is 5.69 Å². The Hall–Kier alpha value is -2.24. The molecule has 106 valence electrons. The van der Waals surface area contributed by atoms with Crippen molar-refractivity contribution < 1.29 is 17.9 Å². The van der Waals surface area contributed by atoms with Crippen molar-refractivity contribution in [3.8, 4) is 17.0 Å². The number of pyridine rings is 1. The molecule has 0 saturated heterocycles. The largest absolute Gasteiger partial charge is 0.478 e. The molecule has 0 radical (unpaired) electrons. The summed E-state index contributed by atoms with van der Waals surface area (Å²) in [5.74, 6) is 0.349. The summed E-state index contributed by atoms with van der Waals surface area (Å²) in [6.45, 7) is 2.21. The molecule has 0 bridgehead atoms. The monoisotopic (exact) mass is 282 g/mol. The molecule has 1 aromatic heterocycles. The van der Waals surface area contributed by atoms with Gasteiger partial charge in [0.05, 0.1) is 12.2 Å². The normalized spacial score (nSPS) is 11.4. The number of hydrogen-bond acceptors (Lipinski definition) is 3. The van der Waals surface area contributed by atoms with E-state index in [1.165, 1.54) is 6.07 Å². The molecule has 1 aromatic carbocycles. The fourth-order valence-corrected chi connectivity index (χ4v) is 1.83. The van der Waals surface area contributed by atoms with E-state index in [2.05, 4.69) is 4.98 Å². The Morgan fingerprint density at radius 2 is 1.95 bits per heavy atom. The molecule has 2 aromatic rings. The summed E-state index contributed by atoms with van der Waals surface area (Å²) in [6, 6.07) is 6.62. The molecule has 20 heavy (non-hydrogen) atoms. The molecule has 0 amide bonds. The van der Waals surface area contributed by atoms with Gasteiger partial charge in [-0.3, -0.25) is 0 Å². The number of nitrogens with zero attached hydrogens (tertiary/aromatic N) is 1. The first-order valence-electron chi connectivity index (χ1n) is 5.98. The van der Waals surface area contributed by atoms with E-state index < -0.39 is 11.7 Å². The third kappa shape index (κ3) is 2.84. The van der Waals surface area contributed by atoms with E-state index in [9.17, 15) is 13.2 Å². The quantitative estimate of drug-likeness (QED) is 0.872. The van der Waals surface area contributed by atoms with Crippen LogP contribution in [0.3, 0.4) is 0 Å². The SMILES string of the molecule is CCOc1ncccc1-c1ccc(C(F)(F)F)cc1N. The molecule has 2 N–H and O–H groups in total. The molecular formula is C14H13F3N2O. The molecule has 0 fully saturated rings. The van der Waals surface area contributed by atoms with Crippen LogP contribution in [0.4, 0.5) is 18.9 Å². The number of nitrogens with two attached hydrogens (primary N) is 1. The van der Waals surface area contributed by atoms with E-state index in [0.29, 0.717) is 23.6 Å². The predicted octanol–water partition coefficient (Wildman–Crippen LogP) is 3.75. The minimum Gasteiger partial charge on any atom is -0.478 e. The second-order valence-corrected chi connectivity index (χ2v) is 4.09. The highest BCUT2D eigenvalue weighted by Gasteiger charge is 2.31. The average molecular weight is 282 g/mol. The Bertz CT molecular complexity index is 612. The fraction of sp³-hybridized carbons (Fsp3) is 0.214. The average Bonchev–Trinajstić information content (AvgIpc) is 2.39. The maximum Gasteiger partial charge on any atom is 0.416 e. The van der Waals surface area contributed by atoms with Crippen molar-refractivity contribution in [2.75, 3.05) is 12.3 Å². The molecule has 0 atom stereocenters. The van der Waals surface area contributed by atoms with Gasteiger partial charge in [0, 0.05) is 23.0 Å². The van der Waals surface area contributed by atoms with Crippen LogP contribution in [-0.2, 0) is 6.18 Å². The minimum absolute atomic E-state index is 0.0359. The van der Waals surface area contributed by atoms with Gasteiger partial charge in [-0.2, -0.15) is 13.2 Å². The summed E-state index contributed by atoms with van der Waals surface area (Å²) < 4.78 is 43.2. The molecule has 0 aliphatic carbocycles. The smallest absolute Gasteiger partial charge is 0.416 e. The number of benzene rings is 1. The van der Waals surface area contributed by atoms with Gasteiger partial charge in [0.2, 0.25) is 5.88 Å². The van der Waals surface area contributed by atoms with E-state index in [0.717, 1.165) is 12.1 Å². The first kappa shape index (κ1) is 14.2. The van der Waals surface area contributed by atoms with Crippen LogP contribution >= 0.6 is 0 Å². The van der Waals surface area contributed by atoms with Crippen LogP contribution < -0.4 is 10.5 Å². The van der Waals surface area contributed by atoms with Crippen molar-refractivity contribution in [2.24, 2.45) is 0 Å². The van der Waals surface area contributed by atoms with Crippen LogP contribution in [0.2, 0.25) is 0 Å². The third-order valence-corrected chi connectivity index (χ3v) is 2.72. The number of anilines is 1. The minimum atomic E-state index is -4.41. The lowest BCUT2D eigenvalue weighted by Crippen LogP contribution is -2.06. The number of halogens is 3. The second-order valence-electron chi connectivity index (χ2n) is 4.09. The summed E-state index contributed by atoms with van der Waals surface area (Å²) in [6.07, 6.45) is -2.86. The van der Waals surface area contributed by atoms with Crippen LogP contribution in [0.5, 0.6) is 5.88 Å². The Morgan fingerprint density at radius 3 is 2.55 bits per heavy atom. The zero-order valence-corrected chi connectivity index (χ0v) is 10.7. The molecule has 0 saturated carbocycles. The Balaban J connectivity index is 2.49. The van der Waals surface area contributed by atoms with Gasteiger partial charge in [0.1, 0.15) is 0 Å². The summed E-state index contributed by atoms with van der Waals surface area (Å²) in [5.41, 5.74) is 6.03. The first-order chi connectivity index (χ1) is 9.43. The topological polar surface area (TPSA) is 48.1 Å². The van der Waals surface area contributed by atoms with Crippen molar-refractivity contribution in [2.45, 2.75) is 13.1 Å². The molecule has 0 spiro atoms. The maximum absolute atomic E-state index is 12.6. The number of ether oxygens (including phenoxy) is 1. The van der Waals surface area contributed by atoms with Gasteiger partial charge in [-0.25, -0.2) is 4.98 Å². The number of rotatable bonds is 3. The first-order valence-corrected chi connectivity index (χ1v) is 5.98. The van der Waals surface area contributed by atoms with Crippen LogP contribution in [0.1, 0.15) is 12.5 Å². The van der Waals surface area contributed by atoms with Gasteiger partial charge in [-0.1, -0.05) is 6.07 Å². The van der Waals surface area contributed by atoms with Crippen LogP contribution in [0, 0.1) is 0 Å². The van der Waals surface area contributed by atoms with Crippen molar-refractivity contribution in [1.82, 2.24) is 4.98 Å². The maximum atomic E-state index is 12.6. The Labute approximate surface area is 114 Å².